The van der Waals surface area contributed by atoms with Crippen LogP contribution in [0.2, 0.25) is 0 Å². The summed E-state index contributed by atoms with van der Waals surface area (Å²) in [5, 5.41) is 2.64. The lowest BCUT2D eigenvalue weighted by Crippen LogP contribution is -2.07. The third kappa shape index (κ3) is 3.77. The number of ether oxygens (including phenoxy) is 2. The van der Waals surface area contributed by atoms with Crippen molar-refractivity contribution in [1.82, 2.24) is 0 Å². The van der Waals surface area contributed by atoms with Gasteiger partial charge in [-0.3, -0.25) is 0 Å². The van der Waals surface area contributed by atoms with Crippen LogP contribution in [-0.4, -0.2) is 5.97 Å². The largest absolute Gasteiger partial charge is 0.457 e. The monoisotopic (exact) mass is 437 g/mol. The first kappa shape index (κ1) is 20.0. The zero-order valence-electron chi connectivity index (χ0n) is 17.6. The molecule has 4 heteroatoms. The fourth-order valence-corrected chi connectivity index (χ4v) is 6.03. The van der Waals surface area contributed by atoms with E-state index in [2.05, 4.69) is 67.2 Å². The topological polar surface area (TPSA) is 35.5 Å². The van der Waals surface area contributed by atoms with Crippen LogP contribution in [0.3, 0.4) is 0 Å². The summed E-state index contributed by atoms with van der Waals surface area (Å²) in [6.45, 7) is 5.20. The van der Waals surface area contributed by atoms with E-state index in [1.54, 1.807) is 31.2 Å². The molecule has 0 saturated carbocycles. The van der Waals surface area contributed by atoms with E-state index in [-0.39, 0.29) is 10.5 Å². The highest BCUT2D eigenvalue weighted by Crippen LogP contribution is 2.48. The average molecular weight is 438 g/mol. The smallest absolute Gasteiger partial charge is 0.338 e. The standard InChI is InChI=1S/C28H21O3S/c1-19(2)28(29)31-22-13-11-20(12-14-22)30-21-15-17-23(18-16-21)32-26-9-5-3-7-24(26)25-8-4-6-10-27(25)32/h3-18H,1H2,2H3/q+1. The van der Waals surface area contributed by atoms with Gasteiger partial charge in [0.15, 0.2) is 14.3 Å². The van der Waals surface area contributed by atoms with E-state index in [1.807, 2.05) is 12.1 Å². The number of hydrogen-bond acceptors (Lipinski definition) is 3. The fourth-order valence-electron chi connectivity index (χ4n) is 3.66. The van der Waals surface area contributed by atoms with E-state index in [9.17, 15) is 4.79 Å². The van der Waals surface area contributed by atoms with Crippen LogP contribution in [0.5, 0.6) is 17.2 Å². The first-order valence-corrected chi connectivity index (χ1v) is 11.5. The zero-order valence-corrected chi connectivity index (χ0v) is 18.4. The SMILES string of the molecule is C=C(C)C(=O)Oc1ccc(Oc2ccc(-[s+]3c4ccccc4c4ccccc43)cc2)cc1. The van der Waals surface area contributed by atoms with Crippen LogP contribution in [0.15, 0.2) is 109 Å². The number of hydrogen-bond donors (Lipinski definition) is 0. The Morgan fingerprint density at radius 3 is 1.69 bits per heavy atom. The number of thiophene rings is 1. The van der Waals surface area contributed by atoms with Crippen molar-refractivity contribution in [2.24, 2.45) is 0 Å². The summed E-state index contributed by atoms with van der Waals surface area (Å²) in [5.74, 6) is 1.45. The first-order valence-electron chi connectivity index (χ1n) is 10.3. The van der Waals surface area contributed by atoms with Gasteiger partial charge in [0.2, 0.25) is 0 Å². The lowest BCUT2D eigenvalue weighted by molar-refractivity contribution is -0.130. The molecule has 0 atom stereocenters. The van der Waals surface area contributed by atoms with Gasteiger partial charge in [0.1, 0.15) is 17.2 Å². The highest BCUT2D eigenvalue weighted by atomic mass is 32.2. The molecular weight excluding hydrogens is 416 g/mol. The Balaban J connectivity index is 1.41. The summed E-state index contributed by atoms with van der Waals surface area (Å²) in [5.41, 5.74) is 0.360. The van der Waals surface area contributed by atoms with E-state index in [0.29, 0.717) is 17.1 Å². The molecule has 32 heavy (non-hydrogen) atoms. The summed E-state index contributed by atoms with van der Waals surface area (Å²) in [7, 11) is -0.119. The molecule has 0 aliphatic heterocycles. The van der Waals surface area contributed by atoms with Crippen LogP contribution >= 0.6 is 10.5 Å². The summed E-state index contributed by atoms with van der Waals surface area (Å²) in [6.07, 6.45) is 0. The average Bonchev–Trinajstić information content (AvgIpc) is 3.15. The highest BCUT2D eigenvalue weighted by Gasteiger charge is 2.22. The third-order valence-electron chi connectivity index (χ3n) is 5.18. The van der Waals surface area contributed by atoms with Crippen LogP contribution in [0.1, 0.15) is 6.92 Å². The van der Waals surface area contributed by atoms with Crippen molar-refractivity contribution < 1.29 is 14.3 Å². The molecule has 0 amide bonds. The number of benzene rings is 4. The Hall–Kier alpha value is -3.89. The second kappa shape index (κ2) is 8.33. The maximum absolute atomic E-state index is 11.6. The Labute approximate surface area is 189 Å². The molecule has 3 nitrogen and oxygen atoms in total. The first-order chi connectivity index (χ1) is 15.6. The molecule has 0 unspecified atom stereocenters. The molecule has 156 valence electrons. The van der Waals surface area contributed by atoms with E-state index < -0.39 is 5.97 Å². The van der Waals surface area contributed by atoms with Gasteiger partial charge in [-0.05, 0) is 67.6 Å². The van der Waals surface area contributed by atoms with Gasteiger partial charge in [0.05, 0.1) is 0 Å². The van der Waals surface area contributed by atoms with Crippen LogP contribution in [0, 0.1) is 0 Å². The molecule has 1 aromatic heterocycles. The molecule has 1 heterocycles. The zero-order chi connectivity index (χ0) is 22.1. The molecule has 0 N–H and O–H groups in total. The van der Waals surface area contributed by atoms with Crippen molar-refractivity contribution in [1.29, 1.82) is 0 Å². The van der Waals surface area contributed by atoms with E-state index >= 15 is 0 Å². The molecule has 0 bridgehead atoms. The normalized spacial score (nSPS) is 10.9. The van der Waals surface area contributed by atoms with Crippen LogP contribution in [-0.2, 0) is 4.79 Å². The van der Waals surface area contributed by atoms with Crippen molar-refractivity contribution >= 4 is 36.6 Å². The van der Waals surface area contributed by atoms with Crippen molar-refractivity contribution in [2.75, 3.05) is 0 Å². The molecule has 4 aromatic carbocycles. The minimum Gasteiger partial charge on any atom is -0.457 e. The molecule has 0 aliphatic carbocycles. The van der Waals surface area contributed by atoms with Crippen molar-refractivity contribution in [2.45, 2.75) is 6.92 Å². The van der Waals surface area contributed by atoms with Crippen LogP contribution in [0.4, 0.5) is 0 Å². The maximum atomic E-state index is 11.6. The lowest BCUT2D eigenvalue weighted by atomic mass is 10.2. The predicted octanol–water partition coefficient (Wildman–Crippen LogP) is 8.01. The summed E-state index contributed by atoms with van der Waals surface area (Å²) < 4.78 is 13.9. The van der Waals surface area contributed by atoms with Crippen molar-refractivity contribution in [3.63, 3.8) is 0 Å². The molecule has 0 radical (unpaired) electrons. The van der Waals surface area contributed by atoms with Gasteiger partial charge in [-0.2, -0.15) is 0 Å². The van der Waals surface area contributed by atoms with E-state index in [4.69, 9.17) is 9.47 Å². The Bertz CT molecular complexity index is 1390. The van der Waals surface area contributed by atoms with Crippen LogP contribution in [0.25, 0.3) is 25.1 Å². The van der Waals surface area contributed by atoms with Crippen molar-refractivity contribution in [3.05, 3.63) is 109 Å². The van der Waals surface area contributed by atoms with E-state index in [1.165, 1.54) is 25.1 Å². The number of fused-ring (bicyclic) bond motifs is 3. The summed E-state index contributed by atoms with van der Waals surface area (Å²) >= 11 is 0. The number of esters is 1. The summed E-state index contributed by atoms with van der Waals surface area (Å²) in [6, 6.07) is 32.5. The maximum Gasteiger partial charge on any atom is 0.338 e. The number of carbonyl (C=O) groups is 1. The van der Waals surface area contributed by atoms with Gasteiger partial charge in [-0.1, -0.05) is 30.8 Å². The second-order valence-corrected chi connectivity index (χ2v) is 9.48. The lowest BCUT2D eigenvalue weighted by Gasteiger charge is -2.07. The second-order valence-electron chi connectivity index (χ2n) is 7.51. The van der Waals surface area contributed by atoms with E-state index in [0.717, 1.165) is 5.75 Å². The minimum absolute atomic E-state index is 0.119. The van der Waals surface area contributed by atoms with Crippen LogP contribution < -0.4 is 9.47 Å². The molecule has 0 aliphatic rings. The Kier molecular flexibility index (Phi) is 5.21. The van der Waals surface area contributed by atoms with Crippen molar-refractivity contribution in [3.8, 4) is 22.1 Å². The Morgan fingerprint density at radius 2 is 1.16 bits per heavy atom. The quantitative estimate of drug-likeness (QED) is 0.121. The molecule has 5 aromatic rings. The van der Waals surface area contributed by atoms with Gasteiger partial charge in [0, 0.05) is 38.9 Å². The van der Waals surface area contributed by atoms with Gasteiger partial charge in [0.25, 0.3) is 0 Å². The molecular formula is C28H21O3S+. The molecule has 0 fully saturated rings. The number of carbonyl (C=O) groups excluding carboxylic acids is 1. The molecule has 0 spiro atoms. The van der Waals surface area contributed by atoms with Gasteiger partial charge in [-0.15, -0.1) is 0 Å². The minimum atomic E-state index is -0.440. The van der Waals surface area contributed by atoms with Gasteiger partial charge < -0.3 is 9.47 Å². The molecule has 5 rings (SSSR count). The Morgan fingerprint density at radius 1 is 0.688 bits per heavy atom. The number of rotatable bonds is 5. The highest BCUT2D eigenvalue weighted by molar-refractivity contribution is 7.50. The predicted molar refractivity (Wildman–Crippen MR) is 132 cm³/mol. The van der Waals surface area contributed by atoms with Gasteiger partial charge in [-0.25, -0.2) is 4.79 Å². The summed E-state index contributed by atoms with van der Waals surface area (Å²) in [4.78, 5) is 12.9. The molecule has 0 saturated heterocycles. The third-order valence-corrected chi connectivity index (χ3v) is 7.52. The fraction of sp³-hybridized carbons (Fsp3) is 0.0357. The van der Waals surface area contributed by atoms with Gasteiger partial charge >= 0.3 is 5.97 Å².